The van der Waals surface area contributed by atoms with E-state index in [0.29, 0.717) is 12.0 Å². The molecule has 2 rings (SSSR count). The first kappa shape index (κ1) is 20.6. The molecule has 1 aromatic rings. The minimum absolute atomic E-state index is 0.000253. The molecule has 146 valence electrons. The number of hydrogen-bond acceptors (Lipinski definition) is 3. The fourth-order valence-corrected chi connectivity index (χ4v) is 3.65. The van der Waals surface area contributed by atoms with Gasteiger partial charge in [0.1, 0.15) is 5.75 Å². The van der Waals surface area contributed by atoms with Crippen LogP contribution in [0.25, 0.3) is 0 Å². The lowest BCUT2D eigenvalue weighted by atomic mass is 9.85. The molecule has 5 nitrogen and oxygen atoms in total. The van der Waals surface area contributed by atoms with Gasteiger partial charge in [-0.3, -0.25) is 9.89 Å². The van der Waals surface area contributed by atoms with E-state index < -0.39 is 0 Å². The molecule has 0 saturated carbocycles. The van der Waals surface area contributed by atoms with Crippen LogP contribution in [0.15, 0.2) is 29.3 Å². The Morgan fingerprint density at radius 2 is 1.96 bits per heavy atom. The third-order valence-electron chi connectivity index (χ3n) is 4.79. The molecule has 2 atom stereocenters. The monoisotopic (exact) mass is 360 g/mol. The van der Waals surface area contributed by atoms with Crippen LogP contribution in [0.5, 0.6) is 5.75 Å². The average Bonchev–Trinajstić information content (AvgIpc) is 2.59. The molecule has 1 saturated heterocycles. The van der Waals surface area contributed by atoms with Crippen LogP contribution in [0.3, 0.4) is 0 Å². The summed E-state index contributed by atoms with van der Waals surface area (Å²) in [5.41, 5.74) is 1.35. The molecule has 1 aliphatic rings. The topological polar surface area (TPSA) is 48.9 Å². The van der Waals surface area contributed by atoms with Crippen LogP contribution in [-0.4, -0.2) is 50.2 Å². The van der Waals surface area contributed by atoms with Crippen molar-refractivity contribution in [2.24, 2.45) is 10.9 Å². The Balaban J connectivity index is 2.16. The molecule has 0 radical (unpaired) electrons. The summed E-state index contributed by atoms with van der Waals surface area (Å²) < 4.78 is 5.31. The Hall–Kier alpha value is -1.75. The van der Waals surface area contributed by atoms with Gasteiger partial charge in [0.15, 0.2) is 5.96 Å². The summed E-state index contributed by atoms with van der Waals surface area (Å²) in [4.78, 5) is 7.38. The molecule has 1 fully saturated rings. The molecule has 5 heteroatoms. The Morgan fingerprint density at radius 3 is 2.54 bits per heavy atom. The summed E-state index contributed by atoms with van der Waals surface area (Å²) in [5, 5.41) is 6.85. The van der Waals surface area contributed by atoms with E-state index >= 15 is 0 Å². The van der Waals surface area contributed by atoms with Gasteiger partial charge in [0.05, 0.1) is 7.11 Å². The van der Waals surface area contributed by atoms with E-state index in [2.05, 4.69) is 74.5 Å². The van der Waals surface area contributed by atoms with E-state index in [1.165, 1.54) is 18.4 Å². The fourth-order valence-electron chi connectivity index (χ4n) is 3.65. The van der Waals surface area contributed by atoms with Crippen molar-refractivity contribution in [1.29, 1.82) is 0 Å². The summed E-state index contributed by atoms with van der Waals surface area (Å²) in [6, 6.07) is 8.91. The molecule has 1 heterocycles. The predicted molar refractivity (Wildman–Crippen MR) is 110 cm³/mol. The van der Waals surface area contributed by atoms with Crippen molar-refractivity contribution in [3.8, 4) is 5.75 Å². The van der Waals surface area contributed by atoms with Crippen molar-refractivity contribution in [3.63, 3.8) is 0 Å². The van der Waals surface area contributed by atoms with Crippen molar-refractivity contribution < 1.29 is 4.74 Å². The molecular formula is C21H36N4O. The van der Waals surface area contributed by atoms with Gasteiger partial charge in [-0.15, -0.1) is 0 Å². The number of benzene rings is 1. The Bertz CT molecular complexity index is 577. The van der Waals surface area contributed by atoms with E-state index in [1.807, 2.05) is 0 Å². The molecule has 1 aromatic carbocycles. The molecular weight excluding hydrogens is 324 g/mol. The van der Waals surface area contributed by atoms with Crippen LogP contribution < -0.4 is 15.4 Å². The Kier molecular flexibility index (Phi) is 7.33. The molecule has 0 aromatic heterocycles. The fraction of sp³-hybridized carbons (Fsp3) is 0.667. The number of piperidine rings is 1. The first-order chi connectivity index (χ1) is 12.3. The molecule has 2 N–H and O–H groups in total. The lowest BCUT2D eigenvalue weighted by molar-refractivity contribution is 0.125. The summed E-state index contributed by atoms with van der Waals surface area (Å²) in [6.07, 6.45) is 2.44. The smallest absolute Gasteiger partial charge is 0.191 e. The third kappa shape index (κ3) is 5.90. The summed E-state index contributed by atoms with van der Waals surface area (Å²) in [5.74, 6) is 2.32. The highest BCUT2D eigenvalue weighted by Gasteiger charge is 2.30. The number of hydrogen-bond donors (Lipinski definition) is 2. The van der Waals surface area contributed by atoms with Gasteiger partial charge in [0.25, 0.3) is 0 Å². The van der Waals surface area contributed by atoms with Gasteiger partial charge in [0.2, 0.25) is 0 Å². The van der Waals surface area contributed by atoms with Crippen molar-refractivity contribution >= 4 is 5.96 Å². The quantitative estimate of drug-likeness (QED) is 0.624. The second-order valence-corrected chi connectivity index (χ2v) is 8.20. The number of rotatable bonds is 5. The van der Waals surface area contributed by atoms with E-state index in [0.717, 1.165) is 31.3 Å². The minimum atomic E-state index is -0.000253. The van der Waals surface area contributed by atoms with E-state index in [1.54, 1.807) is 7.11 Å². The SMILES string of the molecule is CCNC(=NCC1CCCN(C)C1c1ccc(OC)cc1)NC(C)(C)C. The normalized spacial score (nSPS) is 22.2. The Morgan fingerprint density at radius 1 is 1.27 bits per heavy atom. The summed E-state index contributed by atoms with van der Waals surface area (Å²) in [7, 11) is 3.94. The van der Waals surface area contributed by atoms with Crippen molar-refractivity contribution in [2.75, 3.05) is 33.8 Å². The second kappa shape index (κ2) is 9.26. The highest BCUT2D eigenvalue weighted by molar-refractivity contribution is 5.80. The minimum Gasteiger partial charge on any atom is -0.497 e. The first-order valence-electron chi connectivity index (χ1n) is 9.74. The van der Waals surface area contributed by atoms with Crippen molar-refractivity contribution in [2.45, 2.75) is 52.1 Å². The Labute approximate surface area is 159 Å². The van der Waals surface area contributed by atoms with Gasteiger partial charge in [-0.05, 0) is 77.7 Å². The third-order valence-corrected chi connectivity index (χ3v) is 4.79. The number of methoxy groups -OCH3 is 1. The van der Waals surface area contributed by atoms with Gasteiger partial charge < -0.3 is 15.4 Å². The largest absolute Gasteiger partial charge is 0.497 e. The predicted octanol–water partition coefficient (Wildman–Crippen LogP) is 3.43. The molecule has 2 unspecified atom stereocenters. The van der Waals surface area contributed by atoms with Crippen LogP contribution in [0.1, 0.15) is 52.1 Å². The van der Waals surface area contributed by atoms with Crippen LogP contribution >= 0.6 is 0 Å². The molecule has 0 spiro atoms. The molecule has 26 heavy (non-hydrogen) atoms. The zero-order valence-electron chi connectivity index (χ0n) is 17.3. The van der Waals surface area contributed by atoms with Crippen LogP contribution in [0, 0.1) is 5.92 Å². The van der Waals surface area contributed by atoms with Crippen molar-refractivity contribution in [3.05, 3.63) is 29.8 Å². The van der Waals surface area contributed by atoms with Gasteiger partial charge in [-0.25, -0.2) is 0 Å². The highest BCUT2D eigenvalue weighted by Crippen LogP contribution is 2.35. The number of aliphatic imine (C=N–C) groups is 1. The van der Waals surface area contributed by atoms with Crippen LogP contribution in [0.4, 0.5) is 0 Å². The zero-order chi connectivity index (χ0) is 19.2. The van der Waals surface area contributed by atoms with Gasteiger partial charge in [0, 0.05) is 24.7 Å². The lowest BCUT2D eigenvalue weighted by Gasteiger charge is -2.39. The van der Waals surface area contributed by atoms with Crippen molar-refractivity contribution in [1.82, 2.24) is 15.5 Å². The van der Waals surface area contributed by atoms with Gasteiger partial charge in [-0.1, -0.05) is 12.1 Å². The number of nitrogens with zero attached hydrogens (tertiary/aromatic N) is 2. The van der Waals surface area contributed by atoms with E-state index in [-0.39, 0.29) is 5.54 Å². The maximum absolute atomic E-state index is 5.31. The molecule has 0 bridgehead atoms. The van der Waals surface area contributed by atoms with Crippen LogP contribution in [-0.2, 0) is 0 Å². The second-order valence-electron chi connectivity index (χ2n) is 8.20. The maximum atomic E-state index is 5.31. The van der Waals surface area contributed by atoms with Gasteiger partial charge >= 0.3 is 0 Å². The summed E-state index contributed by atoms with van der Waals surface area (Å²) >= 11 is 0. The first-order valence-corrected chi connectivity index (χ1v) is 9.74. The number of likely N-dealkylation sites (tertiary alicyclic amines) is 1. The van der Waals surface area contributed by atoms with E-state index in [4.69, 9.17) is 9.73 Å². The van der Waals surface area contributed by atoms with Crippen LogP contribution in [0.2, 0.25) is 0 Å². The molecule has 1 aliphatic heterocycles. The van der Waals surface area contributed by atoms with E-state index in [9.17, 15) is 0 Å². The number of ether oxygens (including phenoxy) is 1. The summed E-state index contributed by atoms with van der Waals surface area (Å²) in [6.45, 7) is 11.4. The molecule has 0 aliphatic carbocycles. The standard InChI is InChI=1S/C21H36N4O/c1-7-22-20(24-21(2,3)4)23-15-17-9-8-14-25(5)19(17)16-10-12-18(26-6)13-11-16/h10-13,17,19H,7-9,14-15H2,1-6H3,(H2,22,23,24). The van der Waals surface area contributed by atoms with Gasteiger partial charge in [-0.2, -0.15) is 0 Å². The lowest BCUT2D eigenvalue weighted by Crippen LogP contribution is -2.48. The maximum Gasteiger partial charge on any atom is 0.191 e. The highest BCUT2D eigenvalue weighted by atomic mass is 16.5. The average molecular weight is 361 g/mol. The zero-order valence-corrected chi connectivity index (χ0v) is 17.3. The number of guanidine groups is 1. The number of nitrogens with one attached hydrogen (secondary N) is 2. The molecule has 0 amide bonds.